The predicted molar refractivity (Wildman–Crippen MR) is 80.4 cm³/mol. The Morgan fingerprint density at radius 3 is 2.58 bits per heavy atom. The lowest BCUT2D eigenvalue weighted by Crippen LogP contribution is -2.36. The van der Waals surface area contributed by atoms with Crippen LogP contribution in [0.25, 0.3) is 0 Å². The van der Waals surface area contributed by atoms with Crippen LogP contribution in [0, 0.1) is 0 Å². The predicted octanol–water partition coefficient (Wildman–Crippen LogP) is 3.03. The van der Waals surface area contributed by atoms with Crippen LogP contribution >= 0.6 is 0 Å². The first-order valence-corrected chi connectivity index (χ1v) is 7.97. The molecule has 112 valence electrons. The van der Waals surface area contributed by atoms with Gasteiger partial charge in [-0.3, -0.25) is 0 Å². The molecule has 2 N–H and O–H groups in total. The molecule has 0 spiro atoms. The second-order valence-corrected chi connectivity index (χ2v) is 5.54. The first-order valence-electron chi connectivity index (χ1n) is 7.97. The van der Waals surface area contributed by atoms with Crippen LogP contribution < -0.4 is 5.32 Å². The van der Waals surface area contributed by atoms with Crippen LogP contribution in [0.2, 0.25) is 0 Å². The zero-order valence-electron chi connectivity index (χ0n) is 12.4. The summed E-state index contributed by atoms with van der Waals surface area (Å²) in [5, 5.41) is 13.1. The number of ether oxygens (including phenoxy) is 1. The van der Waals surface area contributed by atoms with Crippen LogP contribution in [0.3, 0.4) is 0 Å². The number of unbranched alkanes of at least 4 members (excludes halogenated alkanes) is 5. The fourth-order valence-electron chi connectivity index (χ4n) is 2.35. The number of aliphatic hydroxyl groups is 1. The van der Waals surface area contributed by atoms with E-state index in [1.54, 1.807) is 0 Å². The van der Waals surface area contributed by atoms with E-state index in [4.69, 9.17) is 4.74 Å². The van der Waals surface area contributed by atoms with E-state index in [9.17, 15) is 5.11 Å². The summed E-state index contributed by atoms with van der Waals surface area (Å²) >= 11 is 0. The third kappa shape index (κ3) is 9.20. The van der Waals surface area contributed by atoms with Gasteiger partial charge in [0.1, 0.15) is 0 Å². The van der Waals surface area contributed by atoms with Gasteiger partial charge in [-0.15, -0.1) is 0 Å². The van der Waals surface area contributed by atoms with Gasteiger partial charge in [0.05, 0.1) is 12.7 Å². The van der Waals surface area contributed by atoms with Gasteiger partial charge in [0.2, 0.25) is 0 Å². The van der Waals surface area contributed by atoms with Crippen molar-refractivity contribution in [2.45, 2.75) is 70.4 Å². The van der Waals surface area contributed by atoms with Gasteiger partial charge in [0, 0.05) is 19.2 Å². The lowest BCUT2D eigenvalue weighted by Gasteiger charge is -2.16. The number of hydrogen-bond acceptors (Lipinski definition) is 3. The third-order valence-corrected chi connectivity index (χ3v) is 3.60. The molecule has 0 saturated carbocycles. The van der Waals surface area contributed by atoms with Crippen molar-refractivity contribution in [3.8, 4) is 0 Å². The summed E-state index contributed by atoms with van der Waals surface area (Å²) in [6.45, 7) is 4.12. The van der Waals surface area contributed by atoms with Crippen molar-refractivity contribution in [3.05, 3.63) is 12.2 Å². The number of hydrogen-bond donors (Lipinski definition) is 2. The van der Waals surface area contributed by atoms with Crippen molar-refractivity contribution in [2.75, 3.05) is 19.8 Å². The maximum absolute atomic E-state index is 9.77. The molecule has 1 aliphatic rings. The molecule has 19 heavy (non-hydrogen) atoms. The second kappa shape index (κ2) is 11.4. The molecule has 0 heterocycles. The minimum absolute atomic E-state index is 0.374. The van der Waals surface area contributed by atoms with Crippen molar-refractivity contribution in [1.82, 2.24) is 5.32 Å². The topological polar surface area (TPSA) is 41.5 Å². The Labute approximate surface area is 118 Å². The number of rotatable bonds is 12. The summed E-state index contributed by atoms with van der Waals surface area (Å²) in [4.78, 5) is 0. The first-order chi connectivity index (χ1) is 9.33. The van der Waals surface area contributed by atoms with Gasteiger partial charge >= 0.3 is 0 Å². The number of aliphatic hydroxyl groups excluding tert-OH is 1. The minimum atomic E-state index is -0.374. The molecule has 3 nitrogen and oxygen atoms in total. The molecule has 0 bridgehead atoms. The molecule has 0 aromatic carbocycles. The van der Waals surface area contributed by atoms with Gasteiger partial charge in [-0.1, -0.05) is 51.2 Å². The normalized spacial score (nSPS) is 17.2. The standard InChI is InChI=1S/C16H31NO2/c1-2-3-4-5-6-9-12-19-14-16(18)13-17-15-10-7-8-11-15/h7-8,15-18H,2-6,9-14H2,1H3. The van der Waals surface area contributed by atoms with E-state index in [1.807, 2.05) is 0 Å². The van der Waals surface area contributed by atoms with E-state index in [0.717, 1.165) is 25.9 Å². The highest BCUT2D eigenvalue weighted by molar-refractivity contribution is 4.97. The fourth-order valence-corrected chi connectivity index (χ4v) is 2.35. The smallest absolute Gasteiger partial charge is 0.0897 e. The Morgan fingerprint density at radius 1 is 1.16 bits per heavy atom. The highest BCUT2D eigenvalue weighted by Gasteiger charge is 2.11. The summed E-state index contributed by atoms with van der Waals surface area (Å²) < 4.78 is 5.51. The highest BCUT2D eigenvalue weighted by Crippen LogP contribution is 2.09. The van der Waals surface area contributed by atoms with Crippen LogP contribution in [0.15, 0.2) is 12.2 Å². The number of nitrogens with one attached hydrogen (secondary N) is 1. The van der Waals surface area contributed by atoms with E-state index >= 15 is 0 Å². The SMILES string of the molecule is CCCCCCCCOCC(O)CNC1CC=CC1. The van der Waals surface area contributed by atoms with Gasteiger partial charge in [-0.05, 0) is 19.3 Å². The van der Waals surface area contributed by atoms with E-state index < -0.39 is 0 Å². The van der Waals surface area contributed by atoms with Gasteiger partial charge < -0.3 is 15.2 Å². The Bertz CT molecular complexity index is 223. The monoisotopic (exact) mass is 269 g/mol. The molecule has 0 radical (unpaired) electrons. The Balaban J connectivity index is 1.80. The second-order valence-electron chi connectivity index (χ2n) is 5.54. The van der Waals surface area contributed by atoms with E-state index in [1.165, 1.54) is 32.1 Å². The Kier molecular flexibility index (Phi) is 10.0. The van der Waals surface area contributed by atoms with Gasteiger partial charge in [0.15, 0.2) is 0 Å². The van der Waals surface area contributed by atoms with E-state index in [0.29, 0.717) is 19.2 Å². The quantitative estimate of drug-likeness (QED) is 0.423. The molecular formula is C16H31NO2. The third-order valence-electron chi connectivity index (χ3n) is 3.60. The Hall–Kier alpha value is -0.380. The average Bonchev–Trinajstić information content (AvgIpc) is 2.93. The van der Waals surface area contributed by atoms with Crippen LogP contribution in [0.1, 0.15) is 58.3 Å². The fraction of sp³-hybridized carbons (Fsp3) is 0.875. The molecule has 0 aromatic rings. The largest absolute Gasteiger partial charge is 0.389 e. The zero-order valence-corrected chi connectivity index (χ0v) is 12.4. The Morgan fingerprint density at radius 2 is 1.84 bits per heavy atom. The van der Waals surface area contributed by atoms with Crippen LogP contribution in [0.5, 0.6) is 0 Å². The van der Waals surface area contributed by atoms with Crippen LogP contribution in [-0.2, 0) is 4.74 Å². The van der Waals surface area contributed by atoms with Crippen molar-refractivity contribution in [3.63, 3.8) is 0 Å². The molecule has 1 aliphatic carbocycles. The van der Waals surface area contributed by atoms with Crippen LogP contribution in [0.4, 0.5) is 0 Å². The minimum Gasteiger partial charge on any atom is -0.389 e. The summed E-state index contributed by atoms with van der Waals surface area (Å²) in [6.07, 6.45) is 13.9. The molecule has 0 aromatic heterocycles. The molecule has 0 aliphatic heterocycles. The van der Waals surface area contributed by atoms with Crippen molar-refractivity contribution >= 4 is 0 Å². The summed E-state index contributed by atoms with van der Waals surface area (Å²) in [7, 11) is 0. The lowest BCUT2D eigenvalue weighted by atomic mass is 10.1. The van der Waals surface area contributed by atoms with Gasteiger partial charge in [-0.25, -0.2) is 0 Å². The van der Waals surface area contributed by atoms with Gasteiger partial charge in [0.25, 0.3) is 0 Å². The van der Waals surface area contributed by atoms with Crippen molar-refractivity contribution in [2.24, 2.45) is 0 Å². The van der Waals surface area contributed by atoms with E-state index in [-0.39, 0.29) is 6.10 Å². The molecule has 0 amide bonds. The van der Waals surface area contributed by atoms with Crippen LogP contribution in [-0.4, -0.2) is 37.0 Å². The zero-order chi connectivity index (χ0) is 13.8. The van der Waals surface area contributed by atoms with E-state index in [2.05, 4.69) is 24.4 Å². The molecule has 3 heteroatoms. The maximum Gasteiger partial charge on any atom is 0.0897 e. The summed E-state index contributed by atoms with van der Waals surface area (Å²) in [5.74, 6) is 0. The molecule has 1 atom stereocenters. The van der Waals surface area contributed by atoms with Crippen molar-refractivity contribution in [1.29, 1.82) is 0 Å². The van der Waals surface area contributed by atoms with Gasteiger partial charge in [-0.2, -0.15) is 0 Å². The summed E-state index contributed by atoms with van der Waals surface area (Å²) in [6, 6.07) is 0.521. The first kappa shape index (κ1) is 16.7. The average molecular weight is 269 g/mol. The summed E-state index contributed by atoms with van der Waals surface area (Å²) in [5.41, 5.74) is 0. The molecule has 1 rings (SSSR count). The highest BCUT2D eigenvalue weighted by atomic mass is 16.5. The molecule has 1 unspecified atom stereocenters. The molecule has 0 saturated heterocycles. The van der Waals surface area contributed by atoms with Crippen molar-refractivity contribution < 1.29 is 9.84 Å². The molecular weight excluding hydrogens is 238 g/mol. The maximum atomic E-state index is 9.77. The lowest BCUT2D eigenvalue weighted by molar-refractivity contribution is 0.0343. The molecule has 0 fully saturated rings.